The number of hydrogen-bond donors (Lipinski definition) is 1. The van der Waals surface area contributed by atoms with Gasteiger partial charge in [-0.05, 0) is 49.4 Å². The van der Waals surface area contributed by atoms with Crippen LogP contribution in [0.25, 0.3) is 0 Å². The Labute approximate surface area is 172 Å². The molecule has 27 heavy (non-hydrogen) atoms. The number of piperazine rings is 1. The third kappa shape index (κ3) is 5.02. The van der Waals surface area contributed by atoms with Gasteiger partial charge in [-0.2, -0.15) is 0 Å². The number of amides is 2. The molecule has 3 rings (SSSR count). The molecule has 0 spiro atoms. The number of anilines is 1. The van der Waals surface area contributed by atoms with Crippen LogP contribution in [-0.2, 0) is 4.79 Å². The van der Waals surface area contributed by atoms with Gasteiger partial charge in [-0.25, -0.2) is 0 Å². The topological polar surface area (TPSA) is 52.7 Å². The molecule has 1 saturated heterocycles. The van der Waals surface area contributed by atoms with Gasteiger partial charge in [-0.1, -0.05) is 33.6 Å². The first kappa shape index (κ1) is 19.7. The number of nitrogens with zero attached hydrogens (tertiary/aromatic N) is 2. The van der Waals surface area contributed by atoms with Crippen molar-refractivity contribution in [3.05, 3.63) is 63.6 Å². The van der Waals surface area contributed by atoms with Gasteiger partial charge in [0.2, 0.25) is 5.91 Å². The first-order valence-corrected chi connectivity index (χ1v) is 9.97. The minimum atomic E-state index is -0.570. The smallest absolute Gasteiger partial charge is 0.251 e. The molecule has 1 heterocycles. The van der Waals surface area contributed by atoms with Crippen LogP contribution in [0.2, 0.25) is 5.02 Å². The van der Waals surface area contributed by atoms with Crippen LogP contribution in [0, 0.1) is 0 Å². The summed E-state index contributed by atoms with van der Waals surface area (Å²) in [5.41, 5.74) is 1.59. The Hall–Kier alpha value is -2.05. The lowest BCUT2D eigenvalue weighted by molar-refractivity contribution is -0.133. The second-order valence-corrected chi connectivity index (χ2v) is 7.85. The summed E-state index contributed by atoms with van der Waals surface area (Å²) in [6.45, 7) is 4.43. The summed E-state index contributed by atoms with van der Waals surface area (Å²) in [6, 6.07) is 14.2. The van der Waals surface area contributed by atoms with Crippen molar-refractivity contribution < 1.29 is 9.59 Å². The van der Waals surface area contributed by atoms with Crippen LogP contribution in [0.3, 0.4) is 0 Å². The second-order valence-electron chi connectivity index (χ2n) is 6.49. The fraction of sp³-hybridized carbons (Fsp3) is 0.300. The van der Waals surface area contributed by atoms with Crippen LogP contribution < -0.4 is 10.2 Å². The summed E-state index contributed by atoms with van der Waals surface area (Å²) in [6.07, 6.45) is 0. The zero-order valence-electron chi connectivity index (χ0n) is 15.0. The van der Waals surface area contributed by atoms with Crippen molar-refractivity contribution in [2.45, 2.75) is 13.0 Å². The average Bonchev–Trinajstić information content (AvgIpc) is 2.68. The Bertz CT molecular complexity index is 820. The van der Waals surface area contributed by atoms with Crippen LogP contribution in [0.5, 0.6) is 0 Å². The molecule has 1 atom stereocenters. The Balaban J connectivity index is 1.53. The highest BCUT2D eigenvalue weighted by molar-refractivity contribution is 9.10. The monoisotopic (exact) mass is 449 g/mol. The summed E-state index contributed by atoms with van der Waals surface area (Å²) in [7, 11) is 0. The molecule has 0 aliphatic carbocycles. The van der Waals surface area contributed by atoms with Gasteiger partial charge in [0.05, 0.1) is 0 Å². The fourth-order valence-electron chi connectivity index (χ4n) is 3.07. The van der Waals surface area contributed by atoms with Crippen molar-refractivity contribution in [1.82, 2.24) is 10.2 Å². The zero-order valence-corrected chi connectivity index (χ0v) is 17.3. The zero-order chi connectivity index (χ0) is 19.4. The number of rotatable bonds is 4. The van der Waals surface area contributed by atoms with E-state index in [-0.39, 0.29) is 11.8 Å². The molecule has 1 fully saturated rings. The minimum absolute atomic E-state index is 0.0637. The van der Waals surface area contributed by atoms with Crippen molar-refractivity contribution in [2.75, 3.05) is 31.1 Å². The standard InChI is InChI=1S/C20H21BrClN3O2/c1-14(23-19(26)15-5-7-16(21)8-6-15)20(27)25-11-9-24(10-12-25)18-4-2-3-17(22)13-18/h2-8,13-14H,9-12H2,1H3,(H,23,26). The Morgan fingerprint density at radius 1 is 1.07 bits per heavy atom. The van der Waals surface area contributed by atoms with Crippen LogP contribution in [-0.4, -0.2) is 48.9 Å². The highest BCUT2D eigenvalue weighted by Gasteiger charge is 2.26. The molecule has 0 bridgehead atoms. The van der Waals surface area contributed by atoms with Crippen molar-refractivity contribution in [1.29, 1.82) is 0 Å². The normalized spacial score (nSPS) is 15.4. The molecule has 2 amide bonds. The van der Waals surface area contributed by atoms with E-state index in [1.54, 1.807) is 36.1 Å². The maximum atomic E-state index is 12.7. The lowest BCUT2D eigenvalue weighted by atomic mass is 10.2. The molecular weight excluding hydrogens is 430 g/mol. The van der Waals surface area contributed by atoms with Crippen molar-refractivity contribution >= 4 is 45.0 Å². The lowest BCUT2D eigenvalue weighted by Gasteiger charge is -2.37. The molecule has 1 aliphatic heterocycles. The van der Waals surface area contributed by atoms with E-state index in [4.69, 9.17) is 11.6 Å². The molecule has 2 aromatic carbocycles. The van der Waals surface area contributed by atoms with E-state index in [0.29, 0.717) is 23.7 Å². The number of carbonyl (C=O) groups is 2. The molecular formula is C20H21BrClN3O2. The van der Waals surface area contributed by atoms with E-state index in [1.165, 1.54) is 0 Å². The first-order chi connectivity index (χ1) is 12.9. The van der Waals surface area contributed by atoms with Gasteiger partial charge in [-0.3, -0.25) is 9.59 Å². The van der Waals surface area contributed by atoms with E-state index in [1.807, 2.05) is 24.3 Å². The molecule has 0 saturated carbocycles. The molecule has 1 aliphatic rings. The van der Waals surface area contributed by atoms with Gasteiger partial charge in [0.25, 0.3) is 5.91 Å². The van der Waals surface area contributed by atoms with E-state index in [0.717, 1.165) is 23.2 Å². The molecule has 1 N–H and O–H groups in total. The maximum absolute atomic E-state index is 12.7. The van der Waals surface area contributed by atoms with E-state index >= 15 is 0 Å². The predicted octanol–water partition coefficient (Wildman–Crippen LogP) is 3.57. The number of benzene rings is 2. The molecule has 142 valence electrons. The Morgan fingerprint density at radius 3 is 2.37 bits per heavy atom. The maximum Gasteiger partial charge on any atom is 0.251 e. The highest BCUT2D eigenvalue weighted by atomic mass is 79.9. The van der Waals surface area contributed by atoms with Gasteiger partial charge in [0, 0.05) is 46.9 Å². The third-order valence-electron chi connectivity index (χ3n) is 4.59. The van der Waals surface area contributed by atoms with Crippen LogP contribution in [0.4, 0.5) is 5.69 Å². The molecule has 7 heteroatoms. The molecule has 0 radical (unpaired) electrons. The lowest BCUT2D eigenvalue weighted by Crippen LogP contribution is -2.54. The summed E-state index contributed by atoms with van der Waals surface area (Å²) >= 11 is 9.40. The number of hydrogen-bond acceptors (Lipinski definition) is 3. The van der Waals surface area contributed by atoms with Crippen LogP contribution >= 0.6 is 27.5 Å². The third-order valence-corrected chi connectivity index (χ3v) is 5.35. The van der Waals surface area contributed by atoms with E-state index < -0.39 is 6.04 Å². The van der Waals surface area contributed by atoms with E-state index in [2.05, 4.69) is 26.1 Å². The summed E-state index contributed by atoms with van der Waals surface area (Å²) in [5.74, 6) is -0.313. The SMILES string of the molecule is CC(NC(=O)c1ccc(Br)cc1)C(=O)N1CCN(c2cccc(Cl)c2)CC1. The minimum Gasteiger partial charge on any atom is -0.368 e. The number of halogens is 2. The molecule has 2 aromatic rings. The highest BCUT2D eigenvalue weighted by Crippen LogP contribution is 2.21. The largest absolute Gasteiger partial charge is 0.368 e. The Kier molecular flexibility index (Phi) is 6.39. The summed E-state index contributed by atoms with van der Waals surface area (Å²) in [5, 5.41) is 3.49. The average molecular weight is 451 g/mol. The molecule has 0 aromatic heterocycles. The van der Waals surface area contributed by atoms with Gasteiger partial charge >= 0.3 is 0 Å². The summed E-state index contributed by atoms with van der Waals surface area (Å²) < 4.78 is 0.903. The van der Waals surface area contributed by atoms with Crippen LogP contribution in [0.1, 0.15) is 17.3 Å². The molecule has 5 nitrogen and oxygen atoms in total. The fourth-order valence-corrected chi connectivity index (χ4v) is 3.52. The second kappa shape index (κ2) is 8.76. The quantitative estimate of drug-likeness (QED) is 0.775. The number of nitrogens with one attached hydrogen (secondary N) is 1. The first-order valence-electron chi connectivity index (χ1n) is 8.80. The van der Waals surface area contributed by atoms with Crippen molar-refractivity contribution in [2.24, 2.45) is 0 Å². The van der Waals surface area contributed by atoms with Crippen molar-refractivity contribution in [3.63, 3.8) is 0 Å². The van der Waals surface area contributed by atoms with Gasteiger partial charge in [0.1, 0.15) is 6.04 Å². The molecule has 1 unspecified atom stereocenters. The van der Waals surface area contributed by atoms with Gasteiger partial charge in [0.15, 0.2) is 0 Å². The van der Waals surface area contributed by atoms with Crippen molar-refractivity contribution in [3.8, 4) is 0 Å². The van der Waals surface area contributed by atoms with Gasteiger partial charge in [-0.15, -0.1) is 0 Å². The predicted molar refractivity (Wildman–Crippen MR) is 111 cm³/mol. The van der Waals surface area contributed by atoms with Crippen LogP contribution in [0.15, 0.2) is 53.0 Å². The van der Waals surface area contributed by atoms with E-state index in [9.17, 15) is 9.59 Å². The van der Waals surface area contributed by atoms with Gasteiger partial charge < -0.3 is 15.1 Å². The number of carbonyl (C=O) groups excluding carboxylic acids is 2. The summed E-state index contributed by atoms with van der Waals surface area (Å²) in [4.78, 5) is 29.0. The Morgan fingerprint density at radius 2 is 1.74 bits per heavy atom.